The van der Waals surface area contributed by atoms with E-state index in [2.05, 4.69) is 5.10 Å². The minimum atomic E-state index is -0.466. The van der Waals surface area contributed by atoms with Crippen LogP contribution < -0.4 is 5.06 Å². The molecule has 1 unspecified atom stereocenters. The Hall–Kier alpha value is -1.60. The first kappa shape index (κ1) is 15.8. The quantitative estimate of drug-likeness (QED) is 0.829. The number of hydrogen-bond donors (Lipinski definition) is 1. The molecule has 1 saturated heterocycles. The first-order chi connectivity index (χ1) is 9.76. The van der Waals surface area contributed by atoms with E-state index in [0.29, 0.717) is 18.8 Å². The van der Waals surface area contributed by atoms with Gasteiger partial charge in [-0.25, -0.2) is 4.79 Å². The highest BCUT2D eigenvalue weighted by atomic mass is 16.6. The number of nitrogens with one attached hydrogen (secondary N) is 1. The Morgan fingerprint density at radius 2 is 2.05 bits per heavy atom. The molecule has 1 aliphatic rings. The predicted octanol–water partition coefficient (Wildman–Crippen LogP) is 1.10. The Balaban J connectivity index is 1.89. The molecular weight excluding hydrogens is 272 g/mol. The van der Waals surface area contributed by atoms with Crippen LogP contribution >= 0.6 is 0 Å². The standard InChI is InChI=1S/C14H24N4O3/c1-14(2,3)21-13(19)17-7-5-11(6-8-17)18-10-12(9-15-18)16(4)20/h9-11,16H,5-8H2,1-4H3. The van der Waals surface area contributed by atoms with Gasteiger partial charge >= 0.3 is 6.09 Å². The van der Waals surface area contributed by atoms with Crippen LogP contribution in [0.1, 0.15) is 39.7 Å². The third-order valence-electron chi connectivity index (χ3n) is 3.50. The largest absolute Gasteiger partial charge is 0.629 e. The van der Waals surface area contributed by atoms with Crippen LogP contribution in [-0.2, 0) is 4.74 Å². The third-order valence-corrected chi connectivity index (χ3v) is 3.50. The van der Waals surface area contributed by atoms with Crippen molar-refractivity contribution in [2.45, 2.75) is 45.3 Å². The Kier molecular flexibility index (Phi) is 4.53. The van der Waals surface area contributed by atoms with Crippen molar-refractivity contribution in [2.24, 2.45) is 0 Å². The smallest absolute Gasteiger partial charge is 0.410 e. The van der Waals surface area contributed by atoms with Crippen molar-refractivity contribution in [3.63, 3.8) is 0 Å². The van der Waals surface area contributed by atoms with E-state index >= 15 is 0 Å². The van der Waals surface area contributed by atoms with Crippen molar-refractivity contribution < 1.29 is 14.6 Å². The van der Waals surface area contributed by atoms with Gasteiger partial charge in [-0.1, -0.05) is 0 Å². The highest BCUT2D eigenvalue weighted by molar-refractivity contribution is 5.68. The van der Waals surface area contributed by atoms with Gasteiger partial charge in [0.05, 0.1) is 19.3 Å². The zero-order chi connectivity index (χ0) is 15.6. The van der Waals surface area contributed by atoms with Gasteiger partial charge in [-0.3, -0.25) is 4.68 Å². The summed E-state index contributed by atoms with van der Waals surface area (Å²) in [7, 11) is 1.53. The minimum absolute atomic E-state index is 0.0208. The van der Waals surface area contributed by atoms with Crippen molar-refractivity contribution in [3.05, 3.63) is 17.6 Å². The second-order valence-electron chi connectivity index (χ2n) is 6.46. The molecule has 1 N–H and O–H groups in total. The summed E-state index contributed by atoms with van der Waals surface area (Å²) < 4.78 is 7.21. The fourth-order valence-electron chi connectivity index (χ4n) is 2.36. The number of ether oxygens (including phenoxy) is 1. The number of piperidine rings is 1. The molecular formula is C14H24N4O3. The average molecular weight is 296 g/mol. The molecule has 1 aliphatic heterocycles. The van der Waals surface area contributed by atoms with Gasteiger partial charge in [-0.05, 0) is 33.6 Å². The molecule has 0 bridgehead atoms. The maximum Gasteiger partial charge on any atom is 0.410 e. The summed E-state index contributed by atoms with van der Waals surface area (Å²) in [6.07, 6.45) is 4.76. The Bertz CT molecular complexity index is 485. The van der Waals surface area contributed by atoms with Gasteiger partial charge in [0.25, 0.3) is 0 Å². The van der Waals surface area contributed by atoms with E-state index in [4.69, 9.17) is 4.74 Å². The Labute approximate surface area is 125 Å². The molecule has 0 spiro atoms. The molecule has 1 amide bonds. The topological polar surface area (TPSA) is 74.9 Å². The van der Waals surface area contributed by atoms with Gasteiger partial charge < -0.3 is 19.9 Å². The average Bonchev–Trinajstić information content (AvgIpc) is 2.86. The number of aromatic nitrogens is 2. The maximum absolute atomic E-state index is 12.0. The lowest BCUT2D eigenvalue weighted by Crippen LogP contribution is -2.98. The van der Waals surface area contributed by atoms with Crippen molar-refractivity contribution in [1.82, 2.24) is 14.7 Å². The highest BCUT2D eigenvalue weighted by Crippen LogP contribution is 2.23. The molecule has 1 atom stereocenters. The predicted molar refractivity (Wildman–Crippen MR) is 78.2 cm³/mol. The summed E-state index contributed by atoms with van der Waals surface area (Å²) in [5, 5.41) is 15.6. The number of carbonyl (C=O) groups excluding carboxylic acids is 1. The number of carbonyl (C=O) groups is 1. The Morgan fingerprint density at radius 3 is 2.52 bits per heavy atom. The van der Waals surface area contributed by atoms with Crippen molar-refractivity contribution in [3.8, 4) is 0 Å². The number of quaternary nitrogens is 1. The summed E-state index contributed by atoms with van der Waals surface area (Å²) in [6, 6.07) is 0.233. The Morgan fingerprint density at radius 1 is 1.43 bits per heavy atom. The molecule has 0 aliphatic carbocycles. The molecule has 7 heteroatoms. The highest BCUT2D eigenvalue weighted by Gasteiger charge is 2.28. The second-order valence-corrected chi connectivity index (χ2v) is 6.46. The number of amides is 1. The molecule has 1 aromatic rings. The van der Waals surface area contributed by atoms with E-state index < -0.39 is 5.60 Å². The lowest BCUT2D eigenvalue weighted by molar-refractivity contribution is -0.751. The number of likely N-dealkylation sites (tertiary alicyclic amines) is 1. The SMILES string of the molecule is C[NH+]([O-])c1cnn(C2CCN(C(=O)OC(C)(C)C)CC2)c1. The summed E-state index contributed by atoms with van der Waals surface area (Å²) in [6.45, 7) is 6.89. The van der Waals surface area contributed by atoms with Crippen LogP contribution in [0.5, 0.6) is 0 Å². The van der Waals surface area contributed by atoms with Crippen LogP contribution in [-0.4, -0.2) is 46.5 Å². The summed E-state index contributed by atoms with van der Waals surface area (Å²) in [5.74, 6) is 0. The number of rotatable bonds is 2. The molecule has 2 heterocycles. The van der Waals surface area contributed by atoms with E-state index in [1.807, 2.05) is 25.5 Å². The summed E-state index contributed by atoms with van der Waals surface area (Å²) in [5.41, 5.74) is 0.163. The van der Waals surface area contributed by atoms with Crippen LogP contribution in [0, 0.1) is 5.21 Å². The van der Waals surface area contributed by atoms with Crippen LogP contribution in [0.3, 0.4) is 0 Å². The van der Waals surface area contributed by atoms with E-state index in [-0.39, 0.29) is 17.2 Å². The van der Waals surface area contributed by atoms with Crippen LogP contribution in [0.15, 0.2) is 12.4 Å². The van der Waals surface area contributed by atoms with Crippen molar-refractivity contribution in [1.29, 1.82) is 0 Å². The number of hydroxylamine groups is 1. The van der Waals surface area contributed by atoms with Gasteiger partial charge in [-0.15, -0.1) is 0 Å². The fraction of sp³-hybridized carbons (Fsp3) is 0.714. The first-order valence-corrected chi connectivity index (χ1v) is 7.29. The number of hydrogen-bond acceptors (Lipinski definition) is 4. The zero-order valence-corrected chi connectivity index (χ0v) is 13.1. The molecule has 0 saturated carbocycles. The molecule has 1 aromatic heterocycles. The van der Waals surface area contributed by atoms with E-state index in [1.165, 1.54) is 7.05 Å². The van der Waals surface area contributed by atoms with Gasteiger partial charge in [0.15, 0.2) is 5.69 Å². The molecule has 118 valence electrons. The molecule has 1 fully saturated rings. The first-order valence-electron chi connectivity index (χ1n) is 7.29. The molecule has 2 rings (SSSR count). The number of nitrogens with zero attached hydrogens (tertiary/aromatic N) is 3. The molecule has 21 heavy (non-hydrogen) atoms. The zero-order valence-electron chi connectivity index (χ0n) is 13.1. The second kappa shape index (κ2) is 6.03. The van der Waals surface area contributed by atoms with Crippen LogP contribution in [0.2, 0.25) is 0 Å². The summed E-state index contributed by atoms with van der Waals surface area (Å²) in [4.78, 5) is 13.7. The third kappa shape index (κ3) is 4.18. The lowest BCUT2D eigenvalue weighted by Gasteiger charge is -2.33. The van der Waals surface area contributed by atoms with Crippen LogP contribution in [0.25, 0.3) is 0 Å². The van der Waals surface area contributed by atoms with Gasteiger partial charge in [0, 0.05) is 13.1 Å². The maximum atomic E-state index is 12.0. The van der Waals surface area contributed by atoms with E-state index in [9.17, 15) is 10.0 Å². The molecule has 0 radical (unpaired) electrons. The van der Waals surface area contributed by atoms with Gasteiger partial charge in [0.2, 0.25) is 0 Å². The monoisotopic (exact) mass is 296 g/mol. The summed E-state index contributed by atoms with van der Waals surface area (Å²) >= 11 is 0. The van der Waals surface area contributed by atoms with E-state index in [0.717, 1.165) is 12.8 Å². The van der Waals surface area contributed by atoms with E-state index in [1.54, 1.807) is 17.3 Å². The van der Waals surface area contributed by atoms with Gasteiger partial charge in [0.1, 0.15) is 11.8 Å². The normalized spacial score (nSPS) is 18.6. The lowest BCUT2D eigenvalue weighted by atomic mass is 10.1. The fourth-order valence-corrected chi connectivity index (χ4v) is 2.36. The minimum Gasteiger partial charge on any atom is -0.629 e. The van der Waals surface area contributed by atoms with Crippen molar-refractivity contribution >= 4 is 11.8 Å². The van der Waals surface area contributed by atoms with Gasteiger partial charge in [-0.2, -0.15) is 5.10 Å². The van der Waals surface area contributed by atoms with Crippen LogP contribution in [0.4, 0.5) is 10.5 Å². The van der Waals surface area contributed by atoms with Crippen molar-refractivity contribution in [2.75, 3.05) is 20.1 Å². The molecule has 0 aromatic carbocycles. The molecule has 7 nitrogen and oxygen atoms in total.